The quantitative estimate of drug-likeness (QED) is 0.121. The molecule has 10 aromatic rings. The molecule has 0 N–H and O–H groups in total. The van der Waals surface area contributed by atoms with E-state index in [1.807, 2.05) is 129 Å². The Balaban J connectivity index is 0.000000310. The van der Waals surface area contributed by atoms with E-state index in [-0.39, 0.29) is 55.2 Å². The maximum Gasteiger partial charge on any atom is 0.0347 e. The smallest absolute Gasteiger partial charge is 0.0347 e. The van der Waals surface area contributed by atoms with Gasteiger partial charge in [-0.2, -0.15) is 0 Å². The Morgan fingerprint density at radius 1 is 0.274 bits per heavy atom. The summed E-state index contributed by atoms with van der Waals surface area (Å²) in [5.41, 5.74) is 24.8. The van der Waals surface area contributed by atoms with Gasteiger partial charge in [0.2, 0.25) is 0 Å². The second-order valence-corrected chi connectivity index (χ2v) is 39.7. The van der Waals surface area contributed by atoms with Gasteiger partial charge in [-0.05, 0) is 236 Å². The summed E-state index contributed by atoms with van der Waals surface area (Å²) in [4.78, 5) is 0. The fraction of sp³-hybridized carbons (Fsp3) is 0.469. The average Bonchev–Trinajstić information content (AvgIpc) is 0.747. The first-order chi connectivity index (χ1) is 56.9. The second kappa shape index (κ2) is 42.2. The number of hydrogen-bond donors (Lipinski definition) is 0. The third-order valence-electron chi connectivity index (χ3n) is 19.6. The Hall–Kier alpha value is -7.80. The van der Waals surface area contributed by atoms with E-state index in [9.17, 15) is 0 Å². The molecule has 0 aliphatic rings. The van der Waals surface area contributed by atoms with E-state index in [1.54, 1.807) is 36.4 Å². The lowest BCUT2D eigenvalue weighted by atomic mass is 9.71. The highest BCUT2D eigenvalue weighted by Crippen LogP contribution is 2.43. The lowest BCUT2D eigenvalue weighted by molar-refractivity contribution is 0.521. The minimum Gasteiger partial charge on any atom is -0.0625 e. The van der Waals surface area contributed by atoms with Gasteiger partial charge >= 0.3 is 0 Å². The van der Waals surface area contributed by atoms with Crippen LogP contribution in [0.2, 0.25) is 0 Å². The predicted octanol–water partition coefficient (Wildman–Crippen LogP) is 33.9. The summed E-state index contributed by atoms with van der Waals surface area (Å²) in [6.45, 7) is 72.6. The molecule has 0 aliphatic heterocycles. The lowest BCUT2D eigenvalue weighted by Crippen LogP contribution is -2.24. The molecule has 0 fully saturated rings. The summed E-state index contributed by atoms with van der Waals surface area (Å²) in [5, 5.41) is 0. The summed E-state index contributed by atoms with van der Waals surface area (Å²) in [6.07, 6.45) is -5.90. The van der Waals surface area contributed by atoms with Crippen LogP contribution in [-0.2, 0) is 68.8 Å². The first-order valence-electron chi connectivity index (χ1n) is 47.9. The summed E-state index contributed by atoms with van der Waals surface area (Å²) < 4.78 is 105. The molecule has 0 aromatic heterocycles. The topological polar surface area (TPSA) is 0 Å². The molecule has 10 rings (SSSR count). The molecule has 0 amide bonds. The van der Waals surface area contributed by atoms with Crippen molar-refractivity contribution in [1.29, 1.82) is 0 Å². The highest BCUT2D eigenvalue weighted by molar-refractivity contribution is 5.80. The predicted molar refractivity (Wildman–Crippen MR) is 509 cm³/mol. The van der Waals surface area contributed by atoms with Crippen LogP contribution in [-0.4, -0.2) is 0 Å². The molecule has 113 heavy (non-hydrogen) atoms. The molecule has 612 valence electrons. The maximum atomic E-state index is 8.50. The van der Waals surface area contributed by atoms with Crippen molar-refractivity contribution in [3.8, 4) is 33.4 Å². The molecule has 10 aromatic carbocycles. The van der Waals surface area contributed by atoms with E-state index in [0.29, 0.717) is 27.8 Å². The zero-order chi connectivity index (χ0) is 97.1. The molecule has 0 bridgehead atoms. The molecule has 0 heteroatoms. The lowest BCUT2D eigenvalue weighted by Gasteiger charge is -2.33. The summed E-state index contributed by atoms with van der Waals surface area (Å²) in [6, 6.07) is 76.2. The van der Waals surface area contributed by atoms with Gasteiger partial charge in [0.05, 0.1) is 0 Å². The average molecular weight is 1530 g/mol. The minimum atomic E-state index is -2.01. The van der Waals surface area contributed by atoms with Crippen molar-refractivity contribution >= 4 is 0 Å². The first kappa shape index (κ1) is 77.8. The van der Waals surface area contributed by atoms with Gasteiger partial charge in [-0.1, -0.05) is 465 Å². The Morgan fingerprint density at radius 2 is 0.558 bits per heavy atom. The van der Waals surface area contributed by atoms with E-state index >= 15 is 0 Å². The Bertz CT molecular complexity index is 4790. The van der Waals surface area contributed by atoms with Crippen LogP contribution in [0.3, 0.4) is 0 Å². The molecule has 0 saturated carbocycles. The van der Waals surface area contributed by atoms with E-state index in [2.05, 4.69) is 294 Å². The Labute approximate surface area is 715 Å². The van der Waals surface area contributed by atoms with Gasteiger partial charge in [0.25, 0.3) is 0 Å². The first-order valence-corrected chi connectivity index (χ1v) is 41.4. The fourth-order valence-electron chi connectivity index (χ4n) is 15.2. The Morgan fingerprint density at radius 3 is 0.885 bits per heavy atom. The monoisotopic (exact) mass is 1530 g/mol. The van der Waals surface area contributed by atoms with Crippen molar-refractivity contribution in [2.45, 2.75) is 337 Å². The molecule has 0 atom stereocenters. The summed E-state index contributed by atoms with van der Waals surface area (Å²) in [7, 11) is 0. The van der Waals surface area contributed by atoms with Crippen LogP contribution in [0.5, 0.6) is 0 Å². The third-order valence-corrected chi connectivity index (χ3v) is 19.6. The van der Waals surface area contributed by atoms with Crippen LogP contribution < -0.4 is 0 Å². The van der Waals surface area contributed by atoms with Gasteiger partial charge in [-0.3, -0.25) is 0 Å². The highest BCUT2D eigenvalue weighted by Gasteiger charge is 2.30. The van der Waals surface area contributed by atoms with Crippen molar-refractivity contribution in [2.24, 2.45) is 11.8 Å². The van der Waals surface area contributed by atoms with Gasteiger partial charge in [0.15, 0.2) is 0 Å². The van der Waals surface area contributed by atoms with Gasteiger partial charge in [-0.25, -0.2) is 0 Å². The molecule has 0 nitrogen and oxygen atoms in total. The largest absolute Gasteiger partial charge is 0.0625 e. The van der Waals surface area contributed by atoms with Crippen molar-refractivity contribution < 1.29 is 17.8 Å². The van der Waals surface area contributed by atoms with E-state index in [0.717, 1.165) is 33.4 Å². The van der Waals surface area contributed by atoms with Crippen molar-refractivity contribution in [1.82, 2.24) is 0 Å². The molecular weight excluding hydrogens is 1360 g/mol. The summed E-state index contributed by atoms with van der Waals surface area (Å²) >= 11 is 0. The van der Waals surface area contributed by atoms with Crippen molar-refractivity contribution in [3.05, 3.63) is 319 Å². The fourth-order valence-corrected chi connectivity index (χ4v) is 15.2. The Kier molecular flexibility index (Phi) is 29.0. The SMILES string of the molecule is CC(C)(C)c1c(-c2ccccc2)cccc1-c1ccccc1.CC(C)(C)c1ccccc1-c1ccccc1.[2H]C(C)(C)c1cccc(C(C)(C)C)c1C(C)(C)C.[2H]C(C)(C)c1ccccc1C(C)(C)C.[2H]C([2H])(C)c1cccc(C([2H])([2H])C)c1C(C)(C)C.[2H]C([2H])([2H])c1cc(C)c(C(C)(C)C)c(C)c1.[2H]C([2H])(c1cccc(C([2H])([2H])C(C)C)c1C(C)(C)C)C(C)C. The minimum absolute atomic E-state index is 0.0570. The zero-order valence-electron chi connectivity index (χ0n) is 90.5. The molecule has 0 heterocycles. The van der Waals surface area contributed by atoms with Crippen molar-refractivity contribution in [3.63, 3.8) is 0 Å². The van der Waals surface area contributed by atoms with Crippen LogP contribution >= 0.6 is 0 Å². The normalized spacial score (nSPS) is 14.5. The molecular formula is C113H160. The van der Waals surface area contributed by atoms with Crippen LogP contribution in [0.1, 0.15) is 360 Å². The van der Waals surface area contributed by atoms with Crippen LogP contribution in [0.4, 0.5) is 0 Å². The van der Waals surface area contributed by atoms with Crippen LogP contribution in [0.25, 0.3) is 33.4 Å². The number of benzene rings is 10. The van der Waals surface area contributed by atoms with Crippen molar-refractivity contribution in [2.75, 3.05) is 0 Å². The number of hydrogen-bond acceptors (Lipinski definition) is 0. The molecule has 0 aliphatic carbocycles. The molecule has 0 radical (unpaired) electrons. The van der Waals surface area contributed by atoms with Crippen LogP contribution in [0.15, 0.2) is 224 Å². The zero-order valence-corrected chi connectivity index (χ0v) is 77.5. The van der Waals surface area contributed by atoms with E-state index in [1.165, 1.54) is 80.6 Å². The molecule has 0 saturated heterocycles. The van der Waals surface area contributed by atoms with E-state index < -0.39 is 44.1 Å². The van der Waals surface area contributed by atoms with Crippen LogP contribution in [0, 0.1) is 32.5 Å². The molecule has 0 unspecified atom stereocenters. The second-order valence-electron chi connectivity index (χ2n) is 39.7. The number of rotatable bonds is 11. The highest BCUT2D eigenvalue weighted by atomic mass is 14.3. The van der Waals surface area contributed by atoms with Gasteiger partial charge < -0.3 is 0 Å². The van der Waals surface area contributed by atoms with Gasteiger partial charge in [0.1, 0.15) is 0 Å². The molecule has 0 spiro atoms. The summed E-state index contributed by atoms with van der Waals surface area (Å²) in [5.74, 6) is -1.41. The van der Waals surface area contributed by atoms with Gasteiger partial charge in [-0.15, -0.1) is 0 Å². The van der Waals surface area contributed by atoms with E-state index in [4.69, 9.17) is 17.8 Å². The van der Waals surface area contributed by atoms with Gasteiger partial charge in [0, 0.05) is 17.8 Å². The standard InChI is InChI=1S/C22H22.C18H30.C17H28.C16H18.C14H22.2C13H20/c1-22(2,3)21-19(17-11-6-4-7-12-17)15-10-16-20(21)18-13-8-5-9-14-18;1-13(2)11-15-9-8-10-16(12-14(3)4)17(15)18(5,6)7;1-12(2)13-10-9-11-14(16(3,4)5)15(13)17(6,7)8;1-16(2,3)15-12-8-7-11-14(15)13-9-5-4-6-10-13;1-6-11-9-8-10-12(7-2)13(11)14(3,4)5;1-9-7-10(2)12(11(3)8-9)13(4,5)6;1-10(2)11-8-6-7-9-12(11)13(3,4)5/h4-16H,1-3H3;8-10,13-14H,11-12H2,1-7H3;9-12H,1-8H3;4-12H,1-3H3;8-10H,6-7H2,1-5H3;7-8H,1-6H3;6-10H,1-5H3/i;11D2,12D2;12D;;6D2,7D2;1D3;10D. The maximum absolute atomic E-state index is 8.50. The number of aryl methyl sites for hydroxylation is 5. The third kappa shape index (κ3) is 30.1.